The number of anilines is 1. The number of halogens is 1. The third kappa shape index (κ3) is 2.64. The van der Waals surface area contributed by atoms with E-state index in [1.54, 1.807) is 6.92 Å². The quantitative estimate of drug-likeness (QED) is 0.668. The van der Waals surface area contributed by atoms with Crippen molar-refractivity contribution in [1.82, 2.24) is 4.31 Å². The Hall–Kier alpha value is -1.40. The minimum absolute atomic E-state index is 0.0844. The Morgan fingerprint density at radius 1 is 1.32 bits per heavy atom. The van der Waals surface area contributed by atoms with Crippen molar-refractivity contribution >= 4 is 15.7 Å². The van der Waals surface area contributed by atoms with Gasteiger partial charge in [-0.1, -0.05) is 11.6 Å². The minimum Gasteiger partial charge on any atom is -0.396 e. The summed E-state index contributed by atoms with van der Waals surface area (Å²) in [5.74, 6) is -0.592. The second-order valence-corrected chi connectivity index (χ2v) is 6.72. The molecule has 1 aliphatic heterocycles. The fraction of sp³-hybridized carbons (Fsp3) is 0.385. The van der Waals surface area contributed by atoms with Crippen molar-refractivity contribution in [3.63, 3.8) is 0 Å². The lowest BCUT2D eigenvalue weighted by Crippen LogP contribution is -2.35. The first kappa shape index (κ1) is 14.0. The van der Waals surface area contributed by atoms with Crippen LogP contribution in [-0.4, -0.2) is 25.8 Å². The highest BCUT2D eigenvalue weighted by Gasteiger charge is 2.28. The fourth-order valence-corrected chi connectivity index (χ4v) is 3.91. The number of nitrogens with two attached hydrogens (primary N) is 1. The molecule has 1 aliphatic rings. The highest BCUT2D eigenvalue weighted by Crippen LogP contribution is 2.26. The van der Waals surface area contributed by atoms with E-state index < -0.39 is 15.8 Å². The second kappa shape index (κ2) is 4.94. The van der Waals surface area contributed by atoms with Gasteiger partial charge in [-0.25, -0.2) is 12.8 Å². The van der Waals surface area contributed by atoms with Gasteiger partial charge in [0.15, 0.2) is 0 Å². The van der Waals surface area contributed by atoms with Crippen LogP contribution in [0.5, 0.6) is 0 Å². The highest BCUT2D eigenvalue weighted by molar-refractivity contribution is 7.89. The molecule has 1 aromatic rings. The summed E-state index contributed by atoms with van der Waals surface area (Å²) in [4.78, 5) is 0.0844. The summed E-state index contributed by atoms with van der Waals surface area (Å²) in [6.45, 7) is 4.28. The van der Waals surface area contributed by atoms with Gasteiger partial charge in [-0.05, 0) is 38.0 Å². The summed E-state index contributed by atoms with van der Waals surface area (Å²) >= 11 is 0. The van der Waals surface area contributed by atoms with Crippen molar-refractivity contribution in [2.24, 2.45) is 0 Å². The third-order valence-corrected chi connectivity index (χ3v) is 5.20. The smallest absolute Gasteiger partial charge is 0.243 e. The lowest BCUT2D eigenvalue weighted by molar-refractivity contribution is 0.427. The maximum absolute atomic E-state index is 13.3. The number of aryl methyl sites for hydroxylation is 1. The van der Waals surface area contributed by atoms with Crippen LogP contribution >= 0.6 is 0 Å². The number of nitrogens with zero attached hydrogens (tertiary/aromatic N) is 1. The molecule has 1 aromatic carbocycles. The average molecular weight is 284 g/mol. The first-order chi connectivity index (χ1) is 8.82. The zero-order valence-corrected chi connectivity index (χ0v) is 11.8. The predicted molar refractivity (Wildman–Crippen MR) is 72.7 cm³/mol. The maximum Gasteiger partial charge on any atom is 0.243 e. The van der Waals surface area contributed by atoms with Crippen LogP contribution in [0.15, 0.2) is 28.7 Å². The number of hydrogen-bond acceptors (Lipinski definition) is 3. The Morgan fingerprint density at radius 3 is 2.63 bits per heavy atom. The molecule has 0 aliphatic carbocycles. The molecule has 0 spiro atoms. The van der Waals surface area contributed by atoms with E-state index in [1.165, 1.54) is 10.4 Å². The van der Waals surface area contributed by atoms with Gasteiger partial charge in [0.2, 0.25) is 10.0 Å². The van der Waals surface area contributed by atoms with E-state index in [2.05, 4.69) is 0 Å². The van der Waals surface area contributed by atoms with Crippen LogP contribution in [0.1, 0.15) is 18.9 Å². The largest absolute Gasteiger partial charge is 0.396 e. The standard InChI is InChI=1S/C13H17FN2O2S/c1-9-4-3-5-16(8-9)19(17,18)13-7-12(15)11(14)6-10(13)2/h4,6-7H,3,5,8,15H2,1-2H3. The van der Waals surface area contributed by atoms with E-state index in [0.717, 1.165) is 11.6 Å². The van der Waals surface area contributed by atoms with Crippen LogP contribution in [0.25, 0.3) is 0 Å². The SMILES string of the molecule is CC1=CCCN(S(=O)(=O)c2cc(N)c(F)cc2C)C1. The Labute approximate surface area is 112 Å². The van der Waals surface area contributed by atoms with Gasteiger partial charge >= 0.3 is 0 Å². The second-order valence-electron chi connectivity index (χ2n) is 4.82. The molecule has 6 heteroatoms. The molecule has 104 valence electrons. The van der Waals surface area contributed by atoms with Gasteiger partial charge in [0.1, 0.15) is 5.82 Å². The van der Waals surface area contributed by atoms with Crippen LogP contribution in [0.4, 0.5) is 10.1 Å². The molecule has 4 nitrogen and oxygen atoms in total. The lowest BCUT2D eigenvalue weighted by atomic mass is 10.2. The number of benzene rings is 1. The number of rotatable bonds is 2. The Bertz CT molecular complexity index is 638. The van der Waals surface area contributed by atoms with Gasteiger partial charge in [-0.15, -0.1) is 0 Å². The summed E-state index contributed by atoms with van der Waals surface area (Å²) in [5, 5.41) is 0. The van der Waals surface area contributed by atoms with Crippen molar-refractivity contribution in [1.29, 1.82) is 0 Å². The average Bonchev–Trinajstić information content (AvgIpc) is 2.33. The van der Waals surface area contributed by atoms with E-state index in [4.69, 9.17) is 5.73 Å². The van der Waals surface area contributed by atoms with Crippen molar-refractivity contribution in [3.8, 4) is 0 Å². The van der Waals surface area contributed by atoms with Crippen molar-refractivity contribution in [3.05, 3.63) is 35.2 Å². The van der Waals surface area contributed by atoms with Crippen molar-refractivity contribution in [2.45, 2.75) is 25.2 Å². The third-order valence-electron chi connectivity index (χ3n) is 3.21. The Morgan fingerprint density at radius 2 is 2.00 bits per heavy atom. The van der Waals surface area contributed by atoms with E-state index in [9.17, 15) is 12.8 Å². The monoisotopic (exact) mass is 284 g/mol. The Balaban J connectivity index is 2.45. The predicted octanol–water partition coefficient (Wildman–Crippen LogP) is 2.06. The van der Waals surface area contributed by atoms with Gasteiger partial charge in [0, 0.05) is 13.1 Å². The van der Waals surface area contributed by atoms with Gasteiger partial charge in [-0.3, -0.25) is 0 Å². The van der Waals surface area contributed by atoms with Crippen LogP contribution in [-0.2, 0) is 10.0 Å². The molecule has 2 N–H and O–H groups in total. The molecule has 0 bridgehead atoms. The first-order valence-corrected chi connectivity index (χ1v) is 7.48. The molecule has 0 aromatic heterocycles. The van der Waals surface area contributed by atoms with Crippen LogP contribution in [0, 0.1) is 12.7 Å². The molecular formula is C13H17FN2O2S. The number of nitrogen functional groups attached to an aromatic ring is 1. The van der Waals surface area contributed by atoms with Crippen LogP contribution in [0.2, 0.25) is 0 Å². The van der Waals surface area contributed by atoms with E-state index in [1.807, 2.05) is 13.0 Å². The summed E-state index contributed by atoms with van der Waals surface area (Å²) in [5.41, 5.74) is 6.72. The van der Waals surface area contributed by atoms with E-state index >= 15 is 0 Å². The molecule has 0 unspecified atom stereocenters. The molecule has 2 rings (SSSR count). The summed E-state index contributed by atoms with van der Waals surface area (Å²) in [7, 11) is -3.62. The summed E-state index contributed by atoms with van der Waals surface area (Å²) < 4.78 is 39.8. The molecule has 0 saturated carbocycles. The minimum atomic E-state index is -3.62. The first-order valence-electron chi connectivity index (χ1n) is 6.04. The van der Waals surface area contributed by atoms with E-state index in [0.29, 0.717) is 25.1 Å². The summed E-state index contributed by atoms with van der Waals surface area (Å²) in [6.07, 6.45) is 2.72. The van der Waals surface area contributed by atoms with Gasteiger partial charge in [0.25, 0.3) is 0 Å². The normalized spacial score (nSPS) is 17.3. The fourth-order valence-electron chi connectivity index (χ4n) is 2.17. The van der Waals surface area contributed by atoms with Gasteiger partial charge in [0.05, 0.1) is 10.6 Å². The van der Waals surface area contributed by atoms with Crippen molar-refractivity contribution < 1.29 is 12.8 Å². The lowest BCUT2D eigenvalue weighted by Gasteiger charge is -2.26. The van der Waals surface area contributed by atoms with Crippen molar-refractivity contribution in [2.75, 3.05) is 18.8 Å². The van der Waals surface area contributed by atoms with E-state index in [-0.39, 0.29) is 10.6 Å². The maximum atomic E-state index is 13.3. The Kier molecular flexibility index (Phi) is 3.64. The molecule has 0 amide bonds. The molecule has 0 atom stereocenters. The molecule has 19 heavy (non-hydrogen) atoms. The number of hydrogen-bond donors (Lipinski definition) is 1. The van der Waals surface area contributed by atoms with Crippen LogP contribution < -0.4 is 5.73 Å². The zero-order chi connectivity index (χ0) is 14.2. The molecule has 1 heterocycles. The van der Waals surface area contributed by atoms with Gasteiger partial charge in [-0.2, -0.15) is 4.31 Å². The topological polar surface area (TPSA) is 63.4 Å². The van der Waals surface area contributed by atoms with Crippen LogP contribution in [0.3, 0.4) is 0 Å². The highest BCUT2D eigenvalue weighted by atomic mass is 32.2. The zero-order valence-electron chi connectivity index (χ0n) is 11.0. The number of sulfonamides is 1. The molecule has 0 fully saturated rings. The molecule has 0 radical (unpaired) electrons. The van der Waals surface area contributed by atoms with Gasteiger partial charge < -0.3 is 5.73 Å². The molecular weight excluding hydrogens is 267 g/mol. The summed E-state index contributed by atoms with van der Waals surface area (Å²) in [6, 6.07) is 2.36. The molecule has 0 saturated heterocycles.